The minimum absolute atomic E-state index is 0.129. The van der Waals surface area contributed by atoms with Gasteiger partial charge in [0.15, 0.2) is 0 Å². The summed E-state index contributed by atoms with van der Waals surface area (Å²) in [5, 5.41) is 9.79. The van der Waals surface area contributed by atoms with Crippen LogP contribution in [0.5, 0.6) is 0 Å². The van der Waals surface area contributed by atoms with Gasteiger partial charge in [-0.25, -0.2) is 4.79 Å². The van der Waals surface area contributed by atoms with Crippen LogP contribution in [-0.4, -0.2) is 23.3 Å². The number of unbranched alkanes of at least 4 members (excludes halogenated alkanes) is 2. The van der Waals surface area contributed by atoms with E-state index in [0.29, 0.717) is 11.5 Å². The van der Waals surface area contributed by atoms with Gasteiger partial charge in [-0.15, -0.1) is 0 Å². The van der Waals surface area contributed by atoms with Crippen molar-refractivity contribution in [2.24, 2.45) is 16.3 Å². The van der Waals surface area contributed by atoms with E-state index >= 15 is 0 Å². The lowest BCUT2D eigenvalue weighted by molar-refractivity contribution is -0.132. The predicted octanol–water partition coefficient (Wildman–Crippen LogP) is 6.06. The van der Waals surface area contributed by atoms with Crippen LogP contribution in [0.3, 0.4) is 0 Å². The summed E-state index contributed by atoms with van der Waals surface area (Å²) < 4.78 is 0. The molecule has 2 unspecified atom stereocenters. The van der Waals surface area contributed by atoms with E-state index < -0.39 is 5.97 Å². The van der Waals surface area contributed by atoms with Gasteiger partial charge < -0.3 is 5.11 Å². The van der Waals surface area contributed by atoms with Crippen molar-refractivity contribution >= 4 is 12.2 Å². The third-order valence-corrected chi connectivity index (χ3v) is 5.89. The monoisotopic (exact) mass is 367 g/mol. The fraction of sp³-hybridized carbons (Fsp3) is 0.500. The molecular formula is C24H33NO2. The van der Waals surface area contributed by atoms with Crippen molar-refractivity contribution in [3.05, 3.63) is 59.2 Å². The van der Waals surface area contributed by atoms with E-state index in [0.717, 1.165) is 43.2 Å². The number of nitrogens with zero attached hydrogens (tertiary/aromatic N) is 1. The van der Waals surface area contributed by atoms with Gasteiger partial charge in [-0.05, 0) is 36.3 Å². The molecule has 3 heteroatoms. The van der Waals surface area contributed by atoms with Gasteiger partial charge in [0.2, 0.25) is 0 Å². The molecule has 0 aliphatic heterocycles. The molecular weight excluding hydrogens is 334 g/mol. The first-order valence-corrected chi connectivity index (χ1v) is 10.2. The number of rotatable bonds is 9. The van der Waals surface area contributed by atoms with Gasteiger partial charge >= 0.3 is 5.97 Å². The molecule has 1 N–H and O–H groups in total. The number of carbonyl (C=O) groups is 1. The molecule has 0 fully saturated rings. The SMILES string of the molecule is CCCCCC1=C(C(=O)O)C=CC(CC)(C(C)C)C1N=Cc1ccccc1. The van der Waals surface area contributed by atoms with Crippen LogP contribution in [0.25, 0.3) is 0 Å². The van der Waals surface area contributed by atoms with Crippen molar-refractivity contribution in [3.63, 3.8) is 0 Å². The Hall–Kier alpha value is -2.16. The van der Waals surface area contributed by atoms with E-state index in [1.807, 2.05) is 42.6 Å². The average molecular weight is 368 g/mol. The minimum atomic E-state index is -0.842. The molecule has 0 saturated heterocycles. The van der Waals surface area contributed by atoms with Crippen molar-refractivity contribution in [1.82, 2.24) is 0 Å². The molecule has 2 rings (SSSR count). The lowest BCUT2D eigenvalue weighted by Crippen LogP contribution is -2.41. The molecule has 0 amide bonds. The number of hydrogen-bond donors (Lipinski definition) is 1. The highest BCUT2D eigenvalue weighted by Gasteiger charge is 2.43. The van der Waals surface area contributed by atoms with E-state index in [1.54, 1.807) is 0 Å². The smallest absolute Gasteiger partial charge is 0.335 e. The Bertz CT molecular complexity index is 715. The zero-order valence-electron chi connectivity index (χ0n) is 17.1. The standard InChI is InChI=1S/C24H33NO2/c1-5-7-9-14-20-21(23(26)27)15-16-24(6-2,18(3)4)22(20)25-17-19-12-10-8-11-13-19/h8,10-13,15-18,22H,5-7,9,14H2,1-4H3,(H,26,27). The number of carboxylic acid groups (broad SMARTS) is 1. The maximum atomic E-state index is 11.9. The molecule has 27 heavy (non-hydrogen) atoms. The van der Waals surface area contributed by atoms with Crippen molar-refractivity contribution < 1.29 is 9.90 Å². The zero-order chi connectivity index (χ0) is 19.9. The Morgan fingerprint density at radius 2 is 1.93 bits per heavy atom. The molecule has 1 aromatic rings. The van der Waals surface area contributed by atoms with Crippen LogP contribution in [0.2, 0.25) is 0 Å². The Balaban J connectivity index is 2.52. The number of hydrogen-bond acceptors (Lipinski definition) is 2. The molecule has 0 radical (unpaired) electrons. The number of aliphatic carboxylic acids is 1. The van der Waals surface area contributed by atoms with Crippen LogP contribution < -0.4 is 0 Å². The van der Waals surface area contributed by atoms with Crippen LogP contribution in [0.4, 0.5) is 0 Å². The molecule has 0 heterocycles. The molecule has 0 bridgehead atoms. The Labute approximate surface area is 163 Å². The lowest BCUT2D eigenvalue weighted by atomic mass is 9.63. The Kier molecular flexibility index (Phi) is 7.58. The maximum absolute atomic E-state index is 11.9. The van der Waals surface area contributed by atoms with Crippen LogP contribution in [0, 0.1) is 11.3 Å². The summed E-state index contributed by atoms with van der Waals surface area (Å²) in [5.41, 5.74) is 2.32. The molecule has 1 aliphatic rings. The second-order valence-electron chi connectivity index (χ2n) is 7.75. The van der Waals surface area contributed by atoms with E-state index in [1.165, 1.54) is 0 Å². The highest BCUT2D eigenvalue weighted by atomic mass is 16.4. The Morgan fingerprint density at radius 1 is 1.22 bits per heavy atom. The number of aliphatic imine (C=N–C) groups is 1. The number of carboxylic acids is 1. The van der Waals surface area contributed by atoms with Crippen molar-refractivity contribution in [1.29, 1.82) is 0 Å². The van der Waals surface area contributed by atoms with Crippen molar-refractivity contribution in [3.8, 4) is 0 Å². The van der Waals surface area contributed by atoms with E-state index in [9.17, 15) is 9.90 Å². The zero-order valence-corrected chi connectivity index (χ0v) is 17.1. The van der Waals surface area contributed by atoms with Crippen LogP contribution in [0.15, 0.2) is 58.6 Å². The third-order valence-electron chi connectivity index (χ3n) is 5.89. The minimum Gasteiger partial charge on any atom is -0.478 e. The summed E-state index contributed by atoms with van der Waals surface area (Å²) in [6.45, 7) is 8.79. The molecule has 146 valence electrons. The molecule has 1 aromatic carbocycles. The summed E-state index contributed by atoms with van der Waals surface area (Å²) in [6, 6.07) is 9.92. The van der Waals surface area contributed by atoms with Crippen molar-refractivity contribution in [2.75, 3.05) is 0 Å². The second kappa shape index (κ2) is 9.68. The van der Waals surface area contributed by atoms with Crippen LogP contribution in [0.1, 0.15) is 65.4 Å². The average Bonchev–Trinajstić information content (AvgIpc) is 2.66. The first-order chi connectivity index (χ1) is 13.0. The summed E-state index contributed by atoms with van der Waals surface area (Å²) in [5.74, 6) is -0.473. The number of benzene rings is 1. The molecule has 1 aliphatic carbocycles. The first kappa shape index (κ1) is 21.1. The van der Waals surface area contributed by atoms with E-state index in [4.69, 9.17) is 4.99 Å². The molecule has 0 spiro atoms. The van der Waals surface area contributed by atoms with E-state index in [2.05, 4.69) is 33.8 Å². The van der Waals surface area contributed by atoms with Crippen molar-refractivity contribution in [2.45, 2.75) is 65.8 Å². The van der Waals surface area contributed by atoms with Gasteiger partial charge in [0, 0.05) is 11.6 Å². The summed E-state index contributed by atoms with van der Waals surface area (Å²) in [6.07, 6.45) is 10.8. The Morgan fingerprint density at radius 3 is 2.48 bits per heavy atom. The van der Waals surface area contributed by atoms with Gasteiger partial charge in [0.05, 0.1) is 11.6 Å². The van der Waals surface area contributed by atoms with Crippen LogP contribution >= 0.6 is 0 Å². The molecule has 3 nitrogen and oxygen atoms in total. The maximum Gasteiger partial charge on any atom is 0.335 e. The van der Waals surface area contributed by atoms with Gasteiger partial charge in [0.1, 0.15) is 0 Å². The van der Waals surface area contributed by atoms with Gasteiger partial charge in [-0.3, -0.25) is 4.99 Å². The van der Waals surface area contributed by atoms with Gasteiger partial charge in [-0.2, -0.15) is 0 Å². The highest BCUT2D eigenvalue weighted by Crippen LogP contribution is 2.46. The van der Waals surface area contributed by atoms with Gasteiger partial charge in [0.25, 0.3) is 0 Å². The summed E-state index contributed by atoms with van der Waals surface area (Å²) in [7, 11) is 0. The fourth-order valence-corrected chi connectivity index (χ4v) is 4.11. The van der Waals surface area contributed by atoms with E-state index in [-0.39, 0.29) is 11.5 Å². The third kappa shape index (κ3) is 4.77. The fourth-order valence-electron chi connectivity index (χ4n) is 4.11. The lowest BCUT2D eigenvalue weighted by Gasteiger charge is -2.43. The predicted molar refractivity (Wildman–Crippen MR) is 113 cm³/mol. The quantitative estimate of drug-likeness (QED) is 0.426. The highest BCUT2D eigenvalue weighted by molar-refractivity contribution is 5.92. The normalized spacial score (nSPS) is 22.8. The summed E-state index contributed by atoms with van der Waals surface area (Å²) >= 11 is 0. The molecule has 0 aromatic heterocycles. The van der Waals surface area contributed by atoms with Crippen LogP contribution in [-0.2, 0) is 4.79 Å². The molecule has 2 atom stereocenters. The largest absolute Gasteiger partial charge is 0.478 e. The topological polar surface area (TPSA) is 49.7 Å². The second-order valence-corrected chi connectivity index (χ2v) is 7.75. The summed E-state index contributed by atoms with van der Waals surface area (Å²) in [4.78, 5) is 16.9. The molecule has 0 saturated carbocycles. The first-order valence-electron chi connectivity index (χ1n) is 10.2. The van der Waals surface area contributed by atoms with Gasteiger partial charge in [-0.1, -0.05) is 83.0 Å².